The smallest absolute Gasteiger partial charge is 0.165 e. The number of nitrogens with zero attached hydrogens (tertiary/aromatic N) is 2. The number of pyridine rings is 1. The van der Waals surface area contributed by atoms with Crippen molar-refractivity contribution in [1.29, 1.82) is 5.26 Å². The molecule has 1 fully saturated rings. The Labute approximate surface area is 108 Å². The van der Waals surface area contributed by atoms with Crippen LogP contribution in [-0.2, 0) is 0 Å². The highest BCUT2D eigenvalue weighted by Gasteiger charge is 2.18. The van der Waals surface area contributed by atoms with Crippen molar-refractivity contribution < 1.29 is 0 Å². The van der Waals surface area contributed by atoms with E-state index < -0.39 is 0 Å². The van der Waals surface area contributed by atoms with Gasteiger partial charge in [-0.05, 0) is 36.8 Å². The third-order valence-electron chi connectivity index (χ3n) is 3.65. The van der Waals surface area contributed by atoms with Crippen molar-refractivity contribution in [2.75, 3.05) is 17.6 Å². The van der Waals surface area contributed by atoms with Crippen molar-refractivity contribution in [3.63, 3.8) is 0 Å². The van der Waals surface area contributed by atoms with E-state index in [1.54, 1.807) is 6.07 Å². The molecule has 1 aromatic heterocycles. The number of nitrogen functional groups attached to an aromatic ring is 1. The van der Waals surface area contributed by atoms with Gasteiger partial charge in [0, 0.05) is 6.54 Å². The lowest BCUT2D eigenvalue weighted by Gasteiger charge is -2.26. The summed E-state index contributed by atoms with van der Waals surface area (Å²) in [4.78, 5) is 4.20. The molecule has 1 aromatic rings. The Morgan fingerprint density at radius 2 is 2.33 bits per heavy atom. The van der Waals surface area contributed by atoms with Crippen LogP contribution in [0.5, 0.6) is 0 Å². The predicted molar refractivity (Wildman–Crippen MR) is 73.0 cm³/mol. The summed E-state index contributed by atoms with van der Waals surface area (Å²) in [5.74, 6) is 2.30. The molecule has 0 saturated heterocycles. The Balaban J connectivity index is 1.92. The van der Waals surface area contributed by atoms with Crippen LogP contribution < -0.4 is 11.1 Å². The molecule has 2 rings (SSSR count). The van der Waals surface area contributed by atoms with E-state index >= 15 is 0 Å². The monoisotopic (exact) mass is 244 g/mol. The van der Waals surface area contributed by atoms with Gasteiger partial charge in [-0.1, -0.05) is 19.8 Å². The summed E-state index contributed by atoms with van der Waals surface area (Å²) in [6, 6.07) is 5.57. The van der Waals surface area contributed by atoms with E-state index in [1.807, 2.05) is 12.1 Å². The van der Waals surface area contributed by atoms with Crippen molar-refractivity contribution in [2.24, 2.45) is 11.8 Å². The highest BCUT2D eigenvalue weighted by molar-refractivity contribution is 5.54. The molecular weight excluding hydrogens is 224 g/mol. The molecule has 0 radical (unpaired) electrons. The van der Waals surface area contributed by atoms with E-state index in [9.17, 15) is 0 Å². The van der Waals surface area contributed by atoms with Crippen LogP contribution in [0, 0.1) is 23.2 Å². The van der Waals surface area contributed by atoms with Crippen molar-refractivity contribution in [1.82, 2.24) is 4.98 Å². The van der Waals surface area contributed by atoms with Crippen molar-refractivity contribution in [3.8, 4) is 6.07 Å². The van der Waals surface area contributed by atoms with Crippen molar-refractivity contribution in [2.45, 2.75) is 32.6 Å². The van der Waals surface area contributed by atoms with Gasteiger partial charge in [0.2, 0.25) is 0 Å². The number of nitriles is 1. The number of anilines is 2. The first-order valence-electron chi connectivity index (χ1n) is 6.59. The quantitative estimate of drug-likeness (QED) is 0.857. The van der Waals surface area contributed by atoms with Gasteiger partial charge >= 0.3 is 0 Å². The number of rotatable bonds is 3. The number of nitrogens with one attached hydrogen (secondary N) is 1. The van der Waals surface area contributed by atoms with Crippen molar-refractivity contribution >= 4 is 11.5 Å². The van der Waals surface area contributed by atoms with Crippen LogP contribution in [0.1, 0.15) is 38.3 Å². The van der Waals surface area contributed by atoms with Gasteiger partial charge in [-0.2, -0.15) is 5.26 Å². The molecule has 1 saturated carbocycles. The molecule has 0 amide bonds. The van der Waals surface area contributed by atoms with Gasteiger partial charge in [0.05, 0.1) is 5.69 Å². The Morgan fingerprint density at radius 1 is 1.50 bits per heavy atom. The first-order valence-corrected chi connectivity index (χ1v) is 6.59. The Bertz CT molecular complexity index is 450. The van der Waals surface area contributed by atoms with Gasteiger partial charge in [0.1, 0.15) is 11.9 Å². The van der Waals surface area contributed by atoms with Crippen LogP contribution in [0.4, 0.5) is 11.5 Å². The Morgan fingerprint density at radius 3 is 3.06 bits per heavy atom. The third-order valence-corrected chi connectivity index (χ3v) is 3.65. The minimum atomic E-state index is 0.303. The summed E-state index contributed by atoms with van der Waals surface area (Å²) in [6.07, 6.45) is 5.26. The van der Waals surface area contributed by atoms with E-state index in [0.29, 0.717) is 11.4 Å². The average molecular weight is 244 g/mol. The maximum atomic E-state index is 8.87. The fraction of sp³-hybridized carbons (Fsp3) is 0.571. The van der Waals surface area contributed by atoms with Gasteiger partial charge in [-0.15, -0.1) is 0 Å². The topological polar surface area (TPSA) is 74.7 Å². The second-order valence-corrected chi connectivity index (χ2v) is 5.26. The van der Waals surface area contributed by atoms with E-state index in [0.717, 1.165) is 24.2 Å². The minimum absolute atomic E-state index is 0.303. The zero-order valence-corrected chi connectivity index (χ0v) is 10.8. The molecule has 18 heavy (non-hydrogen) atoms. The molecule has 2 unspecified atom stereocenters. The molecule has 3 N–H and O–H groups in total. The average Bonchev–Trinajstić information content (AvgIpc) is 2.38. The highest BCUT2D eigenvalue weighted by Crippen LogP contribution is 2.28. The van der Waals surface area contributed by atoms with E-state index in [2.05, 4.69) is 17.2 Å². The predicted octanol–water partition coefficient (Wildman–Crippen LogP) is 2.77. The fourth-order valence-electron chi connectivity index (χ4n) is 2.65. The van der Waals surface area contributed by atoms with E-state index in [-0.39, 0.29) is 0 Å². The van der Waals surface area contributed by atoms with Crippen LogP contribution >= 0.6 is 0 Å². The van der Waals surface area contributed by atoms with Gasteiger partial charge < -0.3 is 11.1 Å². The second kappa shape index (κ2) is 5.72. The normalized spacial score (nSPS) is 23.3. The second-order valence-electron chi connectivity index (χ2n) is 5.26. The van der Waals surface area contributed by atoms with E-state index in [1.165, 1.54) is 25.7 Å². The van der Waals surface area contributed by atoms with Crippen LogP contribution in [0.25, 0.3) is 0 Å². The lowest BCUT2D eigenvalue weighted by atomic mass is 9.82. The summed E-state index contributed by atoms with van der Waals surface area (Å²) < 4.78 is 0. The molecule has 2 atom stereocenters. The summed E-state index contributed by atoms with van der Waals surface area (Å²) in [5.41, 5.74) is 6.39. The molecule has 4 nitrogen and oxygen atoms in total. The van der Waals surface area contributed by atoms with Crippen LogP contribution in [0.3, 0.4) is 0 Å². The molecule has 1 aliphatic carbocycles. The van der Waals surface area contributed by atoms with Gasteiger partial charge in [-0.3, -0.25) is 0 Å². The summed E-state index contributed by atoms with van der Waals surface area (Å²) in [5, 5.41) is 12.2. The number of hydrogen-bond acceptors (Lipinski definition) is 4. The first-order chi connectivity index (χ1) is 8.69. The van der Waals surface area contributed by atoms with Crippen LogP contribution in [-0.4, -0.2) is 11.5 Å². The molecule has 0 aliphatic heterocycles. The maximum Gasteiger partial charge on any atom is 0.165 e. The third kappa shape index (κ3) is 3.13. The molecule has 0 spiro atoms. The van der Waals surface area contributed by atoms with Crippen molar-refractivity contribution in [3.05, 3.63) is 17.8 Å². The van der Waals surface area contributed by atoms with Gasteiger partial charge in [0.25, 0.3) is 0 Å². The summed E-state index contributed by atoms with van der Waals surface area (Å²) in [7, 11) is 0. The minimum Gasteiger partial charge on any atom is -0.396 e. The molecule has 0 aromatic carbocycles. The Hall–Kier alpha value is -1.76. The van der Waals surface area contributed by atoms with Crippen LogP contribution in [0.15, 0.2) is 12.1 Å². The standard InChI is InChI=1S/C14H20N4/c1-10-3-2-4-11(7-10)9-17-14-6-5-12(16)13(8-15)18-14/h5-6,10-11H,2-4,7,9,16H2,1H3,(H,17,18). The largest absolute Gasteiger partial charge is 0.396 e. The zero-order chi connectivity index (χ0) is 13.0. The summed E-state index contributed by atoms with van der Waals surface area (Å²) in [6.45, 7) is 3.26. The van der Waals surface area contributed by atoms with E-state index in [4.69, 9.17) is 11.0 Å². The maximum absolute atomic E-state index is 8.87. The zero-order valence-electron chi connectivity index (χ0n) is 10.8. The highest BCUT2D eigenvalue weighted by atomic mass is 15.0. The van der Waals surface area contributed by atoms with Gasteiger partial charge in [0.15, 0.2) is 5.69 Å². The Kier molecular flexibility index (Phi) is 4.03. The molecule has 4 heteroatoms. The summed E-state index contributed by atoms with van der Waals surface area (Å²) >= 11 is 0. The molecule has 96 valence electrons. The fourth-order valence-corrected chi connectivity index (χ4v) is 2.65. The molecule has 1 heterocycles. The molecule has 0 bridgehead atoms. The SMILES string of the molecule is CC1CCCC(CNc2ccc(N)c(C#N)n2)C1. The van der Waals surface area contributed by atoms with Crippen LogP contribution in [0.2, 0.25) is 0 Å². The molecule has 1 aliphatic rings. The lowest BCUT2D eigenvalue weighted by molar-refractivity contribution is 0.293. The molecular formula is C14H20N4. The van der Waals surface area contributed by atoms with Gasteiger partial charge in [-0.25, -0.2) is 4.98 Å². The first kappa shape index (κ1) is 12.7. The lowest BCUT2D eigenvalue weighted by Crippen LogP contribution is -2.21. The number of hydrogen-bond donors (Lipinski definition) is 2. The number of aromatic nitrogens is 1. The number of nitrogens with two attached hydrogens (primary N) is 1.